The molecule has 0 fully saturated rings. The number of aromatic nitrogens is 3. The van der Waals surface area contributed by atoms with Crippen LogP contribution >= 0.6 is 23.4 Å². The van der Waals surface area contributed by atoms with Gasteiger partial charge in [-0.2, -0.15) is 0 Å². The predicted octanol–water partition coefficient (Wildman–Crippen LogP) is 2.91. The van der Waals surface area contributed by atoms with Crippen molar-refractivity contribution < 1.29 is 0 Å². The lowest BCUT2D eigenvalue weighted by Gasteiger charge is -2.02. The summed E-state index contributed by atoms with van der Waals surface area (Å²) in [5.41, 5.74) is 1.63. The maximum Gasteiger partial charge on any atom is 0.138 e. The van der Waals surface area contributed by atoms with E-state index in [9.17, 15) is 0 Å². The average Bonchev–Trinajstić information content (AvgIpc) is 2.30. The minimum atomic E-state index is 0.461. The zero-order valence-corrected chi connectivity index (χ0v) is 9.59. The number of thioether (sulfide) groups is 1. The van der Waals surface area contributed by atoms with E-state index in [1.165, 1.54) is 6.33 Å². The number of nitrogens with zero attached hydrogens (tertiary/aromatic N) is 3. The SMILES string of the molecule is CSc1cc(-c2cccnc2Cl)ncn1. The van der Waals surface area contributed by atoms with Gasteiger partial charge in [0, 0.05) is 11.8 Å². The maximum atomic E-state index is 5.98. The van der Waals surface area contributed by atoms with Gasteiger partial charge in [-0.15, -0.1) is 11.8 Å². The van der Waals surface area contributed by atoms with Crippen LogP contribution in [0.4, 0.5) is 0 Å². The van der Waals surface area contributed by atoms with Crippen LogP contribution in [0, 0.1) is 0 Å². The van der Waals surface area contributed by atoms with Crippen molar-refractivity contribution in [3.63, 3.8) is 0 Å². The van der Waals surface area contributed by atoms with E-state index < -0.39 is 0 Å². The molecule has 0 aromatic carbocycles. The summed E-state index contributed by atoms with van der Waals surface area (Å²) < 4.78 is 0. The molecule has 0 N–H and O–H groups in total. The van der Waals surface area contributed by atoms with Crippen LogP contribution in [0.2, 0.25) is 5.15 Å². The normalized spacial score (nSPS) is 10.3. The van der Waals surface area contributed by atoms with E-state index in [1.807, 2.05) is 24.5 Å². The first-order chi connectivity index (χ1) is 7.31. The number of halogens is 1. The van der Waals surface area contributed by atoms with Gasteiger partial charge in [-0.1, -0.05) is 11.6 Å². The Balaban J connectivity index is 2.49. The zero-order valence-electron chi connectivity index (χ0n) is 8.01. The van der Waals surface area contributed by atoms with Crippen molar-refractivity contribution >= 4 is 23.4 Å². The van der Waals surface area contributed by atoms with E-state index in [4.69, 9.17) is 11.6 Å². The second-order valence-corrected chi connectivity index (χ2v) is 3.97. The van der Waals surface area contributed by atoms with Crippen molar-refractivity contribution in [2.75, 3.05) is 6.26 Å². The molecular formula is C10H8ClN3S. The Morgan fingerprint density at radius 1 is 1.27 bits per heavy atom. The topological polar surface area (TPSA) is 38.7 Å². The third-order valence-corrected chi connectivity index (χ3v) is 2.83. The summed E-state index contributed by atoms with van der Waals surface area (Å²) >= 11 is 7.54. The fourth-order valence-corrected chi connectivity index (χ4v) is 1.77. The Kier molecular flexibility index (Phi) is 3.18. The Morgan fingerprint density at radius 3 is 2.87 bits per heavy atom. The molecule has 0 amide bonds. The van der Waals surface area contributed by atoms with Gasteiger partial charge in [-0.25, -0.2) is 15.0 Å². The van der Waals surface area contributed by atoms with Crippen molar-refractivity contribution in [2.45, 2.75) is 5.03 Å². The molecule has 0 radical (unpaired) electrons. The zero-order chi connectivity index (χ0) is 10.7. The van der Waals surface area contributed by atoms with Gasteiger partial charge in [-0.3, -0.25) is 0 Å². The first kappa shape index (κ1) is 10.4. The largest absolute Gasteiger partial charge is 0.244 e. The fraction of sp³-hybridized carbons (Fsp3) is 0.100. The van der Waals surface area contributed by atoms with Gasteiger partial charge in [0.1, 0.15) is 11.5 Å². The van der Waals surface area contributed by atoms with Crippen molar-refractivity contribution in [3.8, 4) is 11.3 Å². The van der Waals surface area contributed by atoms with Crippen molar-refractivity contribution in [1.29, 1.82) is 0 Å². The minimum Gasteiger partial charge on any atom is -0.244 e. The lowest BCUT2D eigenvalue weighted by atomic mass is 10.2. The standard InChI is InChI=1S/C10H8ClN3S/c1-15-9-5-8(13-6-14-9)7-3-2-4-12-10(7)11/h2-6H,1H3. The van der Waals surface area contributed by atoms with E-state index in [-0.39, 0.29) is 0 Å². The molecule has 2 rings (SSSR count). The molecule has 2 aromatic rings. The van der Waals surface area contributed by atoms with E-state index in [2.05, 4.69) is 15.0 Å². The lowest BCUT2D eigenvalue weighted by molar-refractivity contribution is 1.05. The summed E-state index contributed by atoms with van der Waals surface area (Å²) in [5.74, 6) is 0. The predicted molar refractivity (Wildman–Crippen MR) is 62.1 cm³/mol. The minimum absolute atomic E-state index is 0.461. The van der Waals surface area contributed by atoms with Crippen LogP contribution in [-0.2, 0) is 0 Å². The van der Waals surface area contributed by atoms with Crippen LogP contribution in [0.15, 0.2) is 35.7 Å². The molecule has 0 atom stereocenters. The van der Waals surface area contributed by atoms with E-state index in [1.54, 1.807) is 18.0 Å². The van der Waals surface area contributed by atoms with E-state index in [0.717, 1.165) is 16.3 Å². The smallest absolute Gasteiger partial charge is 0.138 e. The quantitative estimate of drug-likeness (QED) is 0.457. The van der Waals surface area contributed by atoms with Crippen LogP contribution < -0.4 is 0 Å². The van der Waals surface area contributed by atoms with Crippen molar-refractivity contribution in [1.82, 2.24) is 15.0 Å². The van der Waals surface area contributed by atoms with Gasteiger partial charge in [-0.05, 0) is 24.5 Å². The number of rotatable bonds is 2. The van der Waals surface area contributed by atoms with Crippen LogP contribution in [0.1, 0.15) is 0 Å². The van der Waals surface area contributed by atoms with Crippen LogP contribution in [0.3, 0.4) is 0 Å². The third-order valence-electron chi connectivity index (χ3n) is 1.89. The summed E-state index contributed by atoms with van der Waals surface area (Å²) in [6, 6.07) is 5.62. The summed E-state index contributed by atoms with van der Waals surface area (Å²) in [6.07, 6.45) is 5.16. The monoisotopic (exact) mass is 237 g/mol. The highest BCUT2D eigenvalue weighted by atomic mass is 35.5. The molecule has 76 valence electrons. The molecule has 0 saturated heterocycles. The van der Waals surface area contributed by atoms with Gasteiger partial charge in [0.05, 0.1) is 10.7 Å². The van der Waals surface area contributed by atoms with Crippen LogP contribution in [-0.4, -0.2) is 21.2 Å². The highest BCUT2D eigenvalue weighted by Crippen LogP contribution is 2.25. The highest BCUT2D eigenvalue weighted by molar-refractivity contribution is 7.98. The van der Waals surface area contributed by atoms with Crippen molar-refractivity contribution in [3.05, 3.63) is 35.9 Å². The average molecular weight is 238 g/mol. The molecule has 0 aliphatic heterocycles. The van der Waals surface area contributed by atoms with Gasteiger partial charge >= 0.3 is 0 Å². The van der Waals surface area contributed by atoms with Crippen LogP contribution in [0.25, 0.3) is 11.3 Å². The number of hydrogen-bond acceptors (Lipinski definition) is 4. The summed E-state index contributed by atoms with van der Waals surface area (Å²) in [6.45, 7) is 0. The first-order valence-corrected chi connectivity index (χ1v) is 5.88. The highest BCUT2D eigenvalue weighted by Gasteiger charge is 2.05. The molecule has 0 aliphatic rings. The molecule has 0 unspecified atom stereocenters. The first-order valence-electron chi connectivity index (χ1n) is 4.28. The number of hydrogen-bond donors (Lipinski definition) is 0. The van der Waals surface area contributed by atoms with Gasteiger partial charge in [0.15, 0.2) is 0 Å². The molecule has 0 aliphatic carbocycles. The Labute approximate surface area is 96.9 Å². The number of pyridine rings is 1. The summed E-state index contributed by atoms with van der Waals surface area (Å²) in [4.78, 5) is 12.3. The molecule has 0 saturated carbocycles. The molecule has 2 aromatic heterocycles. The summed E-state index contributed by atoms with van der Waals surface area (Å²) in [5, 5.41) is 1.38. The third kappa shape index (κ3) is 2.27. The second-order valence-electron chi connectivity index (χ2n) is 2.79. The Morgan fingerprint density at radius 2 is 2.13 bits per heavy atom. The lowest BCUT2D eigenvalue weighted by Crippen LogP contribution is -1.89. The van der Waals surface area contributed by atoms with Gasteiger partial charge in [0.2, 0.25) is 0 Å². The maximum absolute atomic E-state index is 5.98. The van der Waals surface area contributed by atoms with E-state index in [0.29, 0.717) is 5.15 Å². The molecule has 0 spiro atoms. The Hall–Kier alpha value is -1.13. The fourth-order valence-electron chi connectivity index (χ4n) is 1.18. The Bertz CT molecular complexity index is 476. The van der Waals surface area contributed by atoms with E-state index >= 15 is 0 Å². The van der Waals surface area contributed by atoms with Gasteiger partial charge < -0.3 is 0 Å². The molecule has 0 bridgehead atoms. The molecule has 3 nitrogen and oxygen atoms in total. The molecular weight excluding hydrogens is 230 g/mol. The molecule has 2 heterocycles. The van der Waals surface area contributed by atoms with Crippen LogP contribution in [0.5, 0.6) is 0 Å². The molecule has 5 heteroatoms. The van der Waals surface area contributed by atoms with Crippen molar-refractivity contribution in [2.24, 2.45) is 0 Å². The second kappa shape index (κ2) is 4.59. The van der Waals surface area contributed by atoms with Gasteiger partial charge in [0.25, 0.3) is 0 Å². The summed E-state index contributed by atoms with van der Waals surface area (Å²) in [7, 11) is 0. The molecule has 15 heavy (non-hydrogen) atoms.